The van der Waals surface area contributed by atoms with Crippen molar-refractivity contribution in [2.45, 2.75) is 13.0 Å². The zero-order valence-electron chi connectivity index (χ0n) is 9.63. The summed E-state index contributed by atoms with van der Waals surface area (Å²) >= 11 is 7.81. The standard InChI is InChI=1S/C12H15ClN2OS/c1-8-2-3-9(6-10(8)13)15-12(16)11-7-17-5-4-14-11/h2-3,6,11,14H,4-5,7H2,1H3,(H,15,16). The van der Waals surface area contributed by atoms with Crippen molar-refractivity contribution in [3.63, 3.8) is 0 Å². The van der Waals surface area contributed by atoms with Crippen LogP contribution in [-0.4, -0.2) is 30.0 Å². The molecule has 1 atom stereocenters. The molecule has 1 saturated heterocycles. The van der Waals surface area contributed by atoms with Crippen LogP contribution in [-0.2, 0) is 4.79 Å². The molecule has 0 spiro atoms. The van der Waals surface area contributed by atoms with Crippen molar-refractivity contribution in [3.8, 4) is 0 Å². The van der Waals surface area contributed by atoms with E-state index < -0.39 is 0 Å². The molecule has 0 radical (unpaired) electrons. The lowest BCUT2D eigenvalue weighted by atomic mass is 10.2. The van der Waals surface area contributed by atoms with Gasteiger partial charge in [0.25, 0.3) is 0 Å². The Balaban J connectivity index is 1.99. The van der Waals surface area contributed by atoms with Crippen molar-refractivity contribution in [1.29, 1.82) is 0 Å². The zero-order valence-corrected chi connectivity index (χ0v) is 11.2. The fourth-order valence-electron chi connectivity index (χ4n) is 1.63. The Hall–Kier alpha value is -0.710. The molecular weight excluding hydrogens is 256 g/mol. The van der Waals surface area contributed by atoms with E-state index >= 15 is 0 Å². The summed E-state index contributed by atoms with van der Waals surface area (Å²) in [6.07, 6.45) is 0. The number of carbonyl (C=O) groups is 1. The van der Waals surface area contributed by atoms with Crippen LogP contribution in [0.25, 0.3) is 0 Å². The van der Waals surface area contributed by atoms with Crippen LogP contribution in [0.2, 0.25) is 5.02 Å². The Morgan fingerprint density at radius 2 is 2.41 bits per heavy atom. The molecule has 1 aromatic rings. The lowest BCUT2D eigenvalue weighted by molar-refractivity contribution is -0.117. The summed E-state index contributed by atoms with van der Waals surface area (Å²) in [5.41, 5.74) is 1.76. The molecule has 1 aliphatic heterocycles. The van der Waals surface area contributed by atoms with Gasteiger partial charge in [-0.15, -0.1) is 0 Å². The van der Waals surface area contributed by atoms with Crippen LogP contribution >= 0.6 is 23.4 Å². The van der Waals surface area contributed by atoms with E-state index in [0.29, 0.717) is 5.02 Å². The normalized spacial score (nSPS) is 20.0. The number of hydrogen-bond donors (Lipinski definition) is 2. The molecule has 3 nitrogen and oxygen atoms in total. The number of carbonyl (C=O) groups excluding carboxylic acids is 1. The second-order valence-electron chi connectivity index (χ2n) is 4.03. The molecule has 1 fully saturated rings. The van der Waals surface area contributed by atoms with Crippen molar-refractivity contribution in [3.05, 3.63) is 28.8 Å². The van der Waals surface area contributed by atoms with Gasteiger partial charge in [-0.1, -0.05) is 17.7 Å². The minimum Gasteiger partial charge on any atom is -0.325 e. The van der Waals surface area contributed by atoms with Crippen LogP contribution in [0, 0.1) is 6.92 Å². The molecule has 0 aliphatic carbocycles. The van der Waals surface area contributed by atoms with Gasteiger partial charge in [0.2, 0.25) is 5.91 Å². The summed E-state index contributed by atoms with van der Waals surface area (Å²) < 4.78 is 0. The van der Waals surface area contributed by atoms with Crippen LogP contribution in [0.3, 0.4) is 0 Å². The number of hydrogen-bond acceptors (Lipinski definition) is 3. The number of anilines is 1. The Kier molecular flexibility index (Phi) is 4.31. The van der Waals surface area contributed by atoms with E-state index in [1.54, 1.807) is 17.8 Å². The second-order valence-corrected chi connectivity index (χ2v) is 5.59. The molecule has 2 N–H and O–H groups in total. The highest BCUT2D eigenvalue weighted by molar-refractivity contribution is 7.99. The van der Waals surface area contributed by atoms with E-state index in [1.165, 1.54) is 0 Å². The van der Waals surface area contributed by atoms with Crippen molar-refractivity contribution in [2.75, 3.05) is 23.4 Å². The molecule has 0 aromatic heterocycles. The van der Waals surface area contributed by atoms with Crippen LogP contribution in [0.1, 0.15) is 5.56 Å². The van der Waals surface area contributed by atoms with Gasteiger partial charge in [0.15, 0.2) is 0 Å². The summed E-state index contributed by atoms with van der Waals surface area (Å²) in [6.45, 7) is 2.82. The fourth-order valence-corrected chi connectivity index (χ4v) is 2.75. The molecular formula is C12H15ClN2OS. The van der Waals surface area contributed by atoms with Crippen molar-refractivity contribution in [2.24, 2.45) is 0 Å². The van der Waals surface area contributed by atoms with Gasteiger partial charge in [-0.05, 0) is 24.6 Å². The zero-order chi connectivity index (χ0) is 12.3. The maximum atomic E-state index is 11.9. The minimum absolute atomic E-state index is 0.0112. The number of thioether (sulfide) groups is 1. The molecule has 2 rings (SSSR count). The number of nitrogens with one attached hydrogen (secondary N) is 2. The average Bonchev–Trinajstić information content (AvgIpc) is 2.35. The van der Waals surface area contributed by atoms with Gasteiger partial charge < -0.3 is 10.6 Å². The van der Waals surface area contributed by atoms with E-state index in [-0.39, 0.29) is 11.9 Å². The van der Waals surface area contributed by atoms with E-state index in [0.717, 1.165) is 29.3 Å². The highest BCUT2D eigenvalue weighted by atomic mass is 35.5. The van der Waals surface area contributed by atoms with Crippen LogP contribution in [0.15, 0.2) is 18.2 Å². The van der Waals surface area contributed by atoms with Gasteiger partial charge in [-0.25, -0.2) is 0 Å². The van der Waals surface area contributed by atoms with E-state index in [2.05, 4.69) is 10.6 Å². The quantitative estimate of drug-likeness (QED) is 0.866. The van der Waals surface area contributed by atoms with Gasteiger partial charge in [-0.2, -0.15) is 11.8 Å². The van der Waals surface area contributed by atoms with Gasteiger partial charge in [-0.3, -0.25) is 4.79 Å². The average molecular weight is 271 g/mol. The third-order valence-corrected chi connectivity index (χ3v) is 4.15. The van der Waals surface area contributed by atoms with Gasteiger partial charge in [0.05, 0.1) is 6.04 Å². The number of halogens is 1. The van der Waals surface area contributed by atoms with E-state index in [9.17, 15) is 4.79 Å². The van der Waals surface area contributed by atoms with Crippen LogP contribution in [0.4, 0.5) is 5.69 Å². The Morgan fingerprint density at radius 3 is 3.06 bits per heavy atom. The molecule has 17 heavy (non-hydrogen) atoms. The SMILES string of the molecule is Cc1ccc(NC(=O)C2CSCCN2)cc1Cl. The van der Waals surface area contributed by atoms with Gasteiger partial charge in [0, 0.05) is 28.8 Å². The summed E-state index contributed by atoms with van der Waals surface area (Å²) in [5, 5.41) is 6.75. The summed E-state index contributed by atoms with van der Waals surface area (Å²) in [7, 11) is 0. The minimum atomic E-state index is -0.103. The smallest absolute Gasteiger partial charge is 0.242 e. The van der Waals surface area contributed by atoms with Crippen molar-refractivity contribution in [1.82, 2.24) is 5.32 Å². The predicted molar refractivity (Wildman–Crippen MR) is 73.9 cm³/mol. The lowest BCUT2D eigenvalue weighted by Gasteiger charge is -2.22. The molecule has 5 heteroatoms. The molecule has 1 aliphatic rings. The number of amides is 1. The first-order valence-electron chi connectivity index (χ1n) is 5.55. The molecule has 1 amide bonds. The first-order chi connectivity index (χ1) is 8.16. The molecule has 1 heterocycles. The fraction of sp³-hybridized carbons (Fsp3) is 0.417. The molecule has 1 aromatic carbocycles. The predicted octanol–water partition coefficient (Wildman–Crippen LogP) is 2.29. The topological polar surface area (TPSA) is 41.1 Å². The Morgan fingerprint density at radius 1 is 1.59 bits per heavy atom. The summed E-state index contributed by atoms with van der Waals surface area (Å²) in [4.78, 5) is 11.9. The van der Waals surface area contributed by atoms with Crippen molar-refractivity contribution < 1.29 is 4.79 Å². The third kappa shape index (κ3) is 3.37. The van der Waals surface area contributed by atoms with Gasteiger partial charge in [0.1, 0.15) is 0 Å². The largest absolute Gasteiger partial charge is 0.325 e. The highest BCUT2D eigenvalue weighted by Gasteiger charge is 2.20. The van der Waals surface area contributed by atoms with Crippen LogP contribution in [0.5, 0.6) is 0 Å². The van der Waals surface area contributed by atoms with E-state index in [4.69, 9.17) is 11.6 Å². The summed E-state index contributed by atoms with van der Waals surface area (Å²) in [6, 6.07) is 5.45. The molecule has 0 bridgehead atoms. The Bertz CT molecular complexity index is 419. The third-order valence-electron chi connectivity index (χ3n) is 2.68. The first-order valence-corrected chi connectivity index (χ1v) is 7.08. The first kappa shape index (κ1) is 12.7. The number of benzene rings is 1. The van der Waals surface area contributed by atoms with Crippen molar-refractivity contribution >= 4 is 35.0 Å². The maximum absolute atomic E-state index is 11.9. The molecule has 0 saturated carbocycles. The lowest BCUT2D eigenvalue weighted by Crippen LogP contribution is -2.46. The van der Waals surface area contributed by atoms with Crippen LogP contribution < -0.4 is 10.6 Å². The Labute approximate surface area is 110 Å². The highest BCUT2D eigenvalue weighted by Crippen LogP contribution is 2.20. The number of aryl methyl sites for hydroxylation is 1. The maximum Gasteiger partial charge on any atom is 0.242 e. The van der Waals surface area contributed by atoms with E-state index in [1.807, 2.05) is 19.1 Å². The number of rotatable bonds is 2. The molecule has 92 valence electrons. The second kappa shape index (κ2) is 5.76. The monoisotopic (exact) mass is 270 g/mol. The molecule has 1 unspecified atom stereocenters. The van der Waals surface area contributed by atoms with Gasteiger partial charge >= 0.3 is 0 Å². The summed E-state index contributed by atoms with van der Waals surface area (Å²) in [5.74, 6) is 1.91.